The van der Waals surface area contributed by atoms with Crippen LogP contribution in [0.25, 0.3) is 0 Å². The number of esters is 1. The zero-order chi connectivity index (χ0) is 10.8. The van der Waals surface area contributed by atoms with Gasteiger partial charge >= 0.3 is 5.97 Å². The third kappa shape index (κ3) is 1.77. The lowest BCUT2D eigenvalue weighted by Crippen LogP contribution is -2.12. The van der Waals surface area contributed by atoms with Crippen LogP contribution in [0.5, 0.6) is 0 Å². The van der Waals surface area contributed by atoms with Crippen LogP contribution < -0.4 is 5.32 Å². The number of fused-ring (bicyclic) bond motifs is 1. The number of hydrogen-bond donors (Lipinski definition) is 1. The Morgan fingerprint density at radius 3 is 2.93 bits per heavy atom. The maximum absolute atomic E-state index is 11.3. The number of nitrogens with one attached hydrogen (secondary N) is 1. The largest absolute Gasteiger partial charge is 0.463 e. The van der Waals surface area contributed by atoms with Crippen LogP contribution in [0.2, 0.25) is 0 Å². The predicted molar refractivity (Wildman–Crippen MR) is 57.9 cm³/mol. The molecule has 0 radical (unpaired) electrons. The molecule has 0 unspecified atom stereocenters. The number of methoxy groups -OCH3 is 1. The Kier molecular flexibility index (Phi) is 2.77. The molecule has 15 heavy (non-hydrogen) atoms. The van der Waals surface area contributed by atoms with Crippen LogP contribution in [0.4, 0.5) is 5.82 Å². The first-order valence-electron chi connectivity index (χ1n) is 4.50. The van der Waals surface area contributed by atoms with Gasteiger partial charge in [0.05, 0.1) is 12.8 Å². The molecule has 0 spiro atoms. The summed E-state index contributed by atoms with van der Waals surface area (Å²) in [6.45, 7) is 0. The minimum Gasteiger partial charge on any atom is -0.463 e. The SMILES string of the molecule is CNc1nc(C(=O)OC)nc2c1CSC2. The van der Waals surface area contributed by atoms with E-state index in [4.69, 9.17) is 0 Å². The van der Waals surface area contributed by atoms with Gasteiger partial charge in [0.25, 0.3) is 0 Å². The molecule has 5 nitrogen and oxygen atoms in total. The van der Waals surface area contributed by atoms with Crippen LogP contribution in [-0.4, -0.2) is 30.1 Å². The number of thioether (sulfide) groups is 1. The second-order valence-electron chi connectivity index (χ2n) is 3.06. The Bertz CT molecular complexity index is 409. The van der Waals surface area contributed by atoms with Crippen molar-refractivity contribution in [3.63, 3.8) is 0 Å². The second-order valence-corrected chi connectivity index (χ2v) is 4.04. The average Bonchev–Trinajstić information content (AvgIpc) is 2.74. The van der Waals surface area contributed by atoms with Gasteiger partial charge in [-0.1, -0.05) is 0 Å². The van der Waals surface area contributed by atoms with Crippen molar-refractivity contribution in [2.75, 3.05) is 19.5 Å². The first-order chi connectivity index (χ1) is 7.26. The van der Waals surface area contributed by atoms with Crippen molar-refractivity contribution in [2.24, 2.45) is 0 Å². The van der Waals surface area contributed by atoms with E-state index < -0.39 is 5.97 Å². The minimum atomic E-state index is -0.494. The molecule has 0 aromatic carbocycles. The first kappa shape index (κ1) is 10.2. The van der Waals surface area contributed by atoms with Crippen molar-refractivity contribution >= 4 is 23.5 Å². The summed E-state index contributed by atoms with van der Waals surface area (Å²) in [6, 6.07) is 0. The number of nitrogens with zero attached hydrogens (tertiary/aromatic N) is 2. The summed E-state index contributed by atoms with van der Waals surface area (Å²) in [6.07, 6.45) is 0. The van der Waals surface area contributed by atoms with Gasteiger partial charge in [-0.3, -0.25) is 0 Å². The van der Waals surface area contributed by atoms with E-state index in [2.05, 4.69) is 20.0 Å². The van der Waals surface area contributed by atoms with Gasteiger partial charge in [0, 0.05) is 24.1 Å². The highest BCUT2D eigenvalue weighted by atomic mass is 32.2. The quantitative estimate of drug-likeness (QED) is 0.759. The van der Waals surface area contributed by atoms with Gasteiger partial charge in [0.15, 0.2) is 0 Å². The standard InChI is InChI=1S/C9H11N3O2S/c1-10-7-5-3-15-4-6(5)11-8(12-7)9(13)14-2/h3-4H2,1-2H3,(H,10,11,12). The van der Waals surface area contributed by atoms with Crippen molar-refractivity contribution in [1.82, 2.24) is 9.97 Å². The number of hydrogen-bond acceptors (Lipinski definition) is 6. The third-order valence-corrected chi connectivity index (χ3v) is 3.15. The normalized spacial score (nSPS) is 13.5. The summed E-state index contributed by atoms with van der Waals surface area (Å²) in [5.74, 6) is 2.09. The van der Waals surface area contributed by atoms with E-state index >= 15 is 0 Å². The minimum absolute atomic E-state index is 0.128. The highest BCUT2D eigenvalue weighted by molar-refractivity contribution is 7.98. The van der Waals surface area contributed by atoms with E-state index in [0.29, 0.717) is 0 Å². The molecule has 0 bridgehead atoms. The summed E-state index contributed by atoms with van der Waals surface area (Å²) in [7, 11) is 3.11. The number of carbonyl (C=O) groups is 1. The number of aromatic nitrogens is 2. The highest BCUT2D eigenvalue weighted by Crippen LogP contribution is 2.32. The molecular weight excluding hydrogens is 214 g/mol. The van der Waals surface area contributed by atoms with Crippen molar-refractivity contribution in [3.05, 3.63) is 17.1 Å². The van der Waals surface area contributed by atoms with E-state index in [1.165, 1.54) is 7.11 Å². The fraction of sp³-hybridized carbons (Fsp3) is 0.444. The molecular formula is C9H11N3O2S. The molecule has 0 aliphatic carbocycles. The summed E-state index contributed by atoms with van der Waals surface area (Å²) in [4.78, 5) is 19.6. The van der Waals surface area contributed by atoms with Crippen LogP contribution in [-0.2, 0) is 16.2 Å². The molecule has 0 atom stereocenters. The van der Waals surface area contributed by atoms with Gasteiger partial charge in [-0.25, -0.2) is 14.8 Å². The van der Waals surface area contributed by atoms with Gasteiger partial charge in [-0.05, 0) is 0 Å². The molecule has 1 aliphatic heterocycles. The number of carbonyl (C=O) groups excluding carboxylic acids is 1. The molecule has 1 N–H and O–H groups in total. The van der Waals surface area contributed by atoms with Gasteiger partial charge in [0.1, 0.15) is 5.82 Å². The smallest absolute Gasteiger partial charge is 0.376 e. The number of ether oxygens (including phenoxy) is 1. The summed E-state index contributed by atoms with van der Waals surface area (Å²) in [5.41, 5.74) is 2.02. The second kappa shape index (κ2) is 4.06. The molecule has 2 heterocycles. The predicted octanol–water partition coefficient (Wildman–Crippen LogP) is 1.05. The Labute approximate surface area is 91.6 Å². The van der Waals surface area contributed by atoms with E-state index in [1.807, 2.05) is 0 Å². The van der Waals surface area contributed by atoms with E-state index in [-0.39, 0.29) is 5.82 Å². The number of anilines is 1. The van der Waals surface area contributed by atoms with Crippen molar-refractivity contribution in [3.8, 4) is 0 Å². The Hall–Kier alpha value is -1.30. The zero-order valence-corrected chi connectivity index (χ0v) is 9.35. The van der Waals surface area contributed by atoms with Crippen LogP contribution in [0.1, 0.15) is 21.9 Å². The lowest BCUT2D eigenvalue weighted by atomic mass is 10.2. The lowest BCUT2D eigenvalue weighted by Gasteiger charge is -2.07. The molecule has 2 rings (SSSR count). The summed E-state index contributed by atoms with van der Waals surface area (Å²) < 4.78 is 4.60. The molecule has 0 amide bonds. The van der Waals surface area contributed by atoms with Gasteiger partial charge in [-0.15, -0.1) is 0 Å². The van der Waals surface area contributed by atoms with Crippen LogP contribution >= 0.6 is 11.8 Å². The van der Waals surface area contributed by atoms with Gasteiger partial charge in [-0.2, -0.15) is 11.8 Å². The Morgan fingerprint density at radius 2 is 2.27 bits per heavy atom. The molecule has 80 valence electrons. The summed E-state index contributed by atoms with van der Waals surface area (Å²) in [5, 5.41) is 2.97. The highest BCUT2D eigenvalue weighted by Gasteiger charge is 2.21. The monoisotopic (exact) mass is 225 g/mol. The van der Waals surface area contributed by atoms with Gasteiger partial charge in [0.2, 0.25) is 5.82 Å². The third-order valence-electron chi connectivity index (χ3n) is 2.18. The molecule has 0 saturated carbocycles. The Morgan fingerprint density at radius 1 is 1.47 bits per heavy atom. The van der Waals surface area contributed by atoms with Crippen molar-refractivity contribution in [2.45, 2.75) is 11.5 Å². The fourth-order valence-corrected chi connectivity index (χ4v) is 2.48. The maximum atomic E-state index is 11.3. The van der Waals surface area contributed by atoms with Crippen LogP contribution in [0.15, 0.2) is 0 Å². The lowest BCUT2D eigenvalue weighted by molar-refractivity contribution is 0.0586. The molecule has 1 aromatic heterocycles. The van der Waals surface area contributed by atoms with E-state index in [9.17, 15) is 4.79 Å². The average molecular weight is 225 g/mol. The molecule has 6 heteroatoms. The van der Waals surface area contributed by atoms with Gasteiger partial charge < -0.3 is 10.1 Å². The molecule has 1 aliphatic rings. The van der Waals surface area contributed by atoms with E-state index in [0.717, 1.165) is 28.6 Å². The fourth-order valence-electron chi connectivity index (χ4n) is 1.44. The summed E-state index contributed by atoms with van der Waals surface area (Å²) >= 11 is 1.77. The van der Waals surface area contributed by atoms with Crippen LogP contribution in [0.3, 0.4) is 0 Å². The molecule has 0 saturated heterocycles. The Balaban J connectivity index is 2.48. The number of rotatable bonds is 2. The van der Waals surface area contributed by atoms with Crippen LogP contribution in [0, 0.1) is 0 Å². The van der Waals surface area contributed by atoms with E-state index in [1.54, 1.807) is 18.8 Å². The maximum Gasteiger partial charge on any atom is 0.376 e. The van der Waals surface area contributed by atoms with Crippen molar-refractivity contribution < 1.29 is 9.53 Å². The first-order valence-corrected chi connectivity index (χ1v) is 5.65. The molecule has 0 fully saturated rings. The molecule has 1 aromatic rings. The van der Waals surface area contributed by atoms with Crippen molar-refractivity contribution in [1.29, 1.82) is 0 Å². The topological polar surface area (TPSA) is 64.1 Å². The zero-order valence-electron chi connectivity index (χ0n) is 8.53.